The molecule has 2 atom stereocenters. The first kappa shape index (κ1) is 20.5. The molecule has 0 aliphatic carbocycles. The summed E-state index contributed by atoms with van der Waals surface area (Å²) < 4.78 is 10.7. The summed E-state index contributed by atoms with van der Waals surface area (Å²) in [5.74, 6) is -0.0179. The molecule has 152 valence electrons. The first-order valence-corrected chi connectivity index (χ1v) is 9.12. The number of aromatic nitrogens is 1. The van der Waals surface area contributed by atoms with Gasteiger partial charge in [-0.15, -0.1) is 0 Å². The Labute approximate surface area is 168 Å². The summed E-state index contributed by atoms with van der Waals surface area (Å²) >= 11 is 0. The summed E-state index contributed by atoms with van der Waals surface area (Å²) in [6, 6.07) is 13.0. The minimum Gasteiger partial charge on any atom is -0.444 e. The molecule has 29 heavy (non-hydrogen) atoms. The minimum absolute atomic E-state index is 0.117. The van der Waals surface area contributed by atoms with Crippen molar-refractivity contribution >= 4 is 23.0 Å². The molecule has 1 aromatic heterocycles. The molecule has 1 amide bonds. The van der Waals surface area contributed by atoms with E-state index >= 15 is 0 Å². The lowest BCUT2D eigenvalue weighted by Crippen LogP contribution is -2.36. The third-order valence-corrected chi connectivity index (χ3v) is 4.09. The number of carbonyl (C=O) groups is 1. The Bertz CT molecular complexity index is 1010. The smallest absolute Gasteiger partial charge is 0.413 e. The Balaban J connectivity index is 1.75. The fraction of sp³-hybridized carbons (Fsp3) is 0.286. The number of nitrogens with zero attached hydrogens (tertiary/aromatic N) is 1. The highest BCUT2D eigenvalue weighted by Gasteiger charge is 2.25. The summed E-state index contributed by atoms with van der Waals surface area (Å²) in [5.41, 5.74) is 7.72. The van der Waals surface area contributed by atoms with Gasteiger partial charge in [0.15, 0.2) is 5.58 Å². The number of nitrogens with two attached hydrogens (primary N) is 1. The third kappa shape index (κ3) is 4.98. The van der Waals surface area contributed by atoms with E-state index in [0.717, 1.165) is 0 Å². The van der Waals surface area contributed by atoms with Crippen molar-refractivity contribution in [1.29, 1.82) is 5.41 Å². The van der Waals surface area contributed by atoms with Crippen molar-refractivity contribution in [2.45, 2.75) is 38.5 Å². The Morgan fingerprint density at radius 1 is 1.24 bits per heavy atom. The van der Waals surface area contributed by atoms with Crippen LogP contribution in [0.1, 0.15) is 49.9 Å². The second-order valence-corrected chi connectivity index (χ2v) is 7.62. The molecule has 1 heterocycles. The van der Waals surface area contributed by atoms with Gasteiger partial charge in [-0.05, 0) is 44.5 Å². The van der Waals surface area contributed by atoms with Gasteiger partial charge in [-0.25, -0.2) is 9.78 Å². The van der Waals surface area contributed by atoms with E-state index in [1.54, 1.807) is 57.2 Å². The number of aliphatic hydroxyl groups excluding tert-OH is 1. The largest absolute Gasteiger partial charge is 0.444 e. The van der Waals surface area contributed by atoms with Crippen LogP contribution in [0.4, 0.5) is 4.79 Å². The molecule has 3 aromatic rings. The van der Waals surface area contributed by atoms with Gasteiger partial charge in [0.2, 0.25) is 5.89 Å². The quantitative estimate of drug-likeness (QED) is 0.394. The molecule has 8 heteroatoms. The van der Waals surface area contributed by atoms with Crippen molar-refractivity contribution in [3.8, 4) is 0 Å². The fourth-order valence-electron chi connectivity index (χ4n) is 2.73. The van der Waals surface area contributed by atoms with Gasteiger partial charge in [0.25, 0.3) is 0 Å². The van der Waals surface area contributed by atoms with Crippen molar-refractivity contribution in [3.05, 3.63) is 65.5 Å². The van der Waals surface area contributed by atoms with Crippen LogP contribution in [0.2, 0.25) is 0 Å². The van der Waals surface area contributed by atoms with Crippen molar-refractivity contribution in [2.24, 2.45) is 5.73 Å². The van der Waals surface area contributed by atoms with E-state index in [4.69, 9.17) is 20.3 Å². The highest BCUT2D eigenvalue weighted by molar-refractivity contribution is 6.04. The number of hydrogen-bond donors (Lipinski definition) is 4. The van der Waals surface area contributed by atoms with Gasteiger partial charge >= 0.3 is 6.09 Å². The average Bonchev–Trinajstić information content (AvgIpc) is 3.09. The average molecular weight is 396 g/mol. The second-order valence-electron chi connectivity index (χ2n) is 7.62. The van der Waals surface area contributed by atoms with E-state index in [9.17, 15) is 9.90 Å². The van der Waals surface area contributed by atoms with Gasteiger partial charge in [-0.1, -0.05) is 30.3 Å². The van der Waals surface area contributed by atoms with Crippen molar-refractivity contribution < 1.29 is 19.1 Å². The van der Waals surface area contributed by atoms with Gasteiger partial charge in [0, 0.05) is 5.56 Å². The molecular formula is C21H24N4O4. The molecule has 0 bridgehead atoms. The summed E-state index contributed by atoms with van der Waals surface area (Å²) in [6.07, 6.45) is -1.89. The lowest BCUT2D eigenvalue weighted by Gasteiger charge is -2.20. The predicted octanol–water partition coefficient (Wildman–Crippen LogP) is 3.41. The SMILES string of the molecule is CC(C)(C)OC(=O)NC(=N)c1cccc([C@H](N)C(O)c2nc3ccccc3o2)c1. The standard InChI is InChI=1S/C21H24N4O4/c1-21(2,3)29-20(27)25-18(23)13-8-6-7-12(11-13)16(22)17(26)19-24-14-9-4-5-10-15(14)28-19/h4-11,16-17,26H,22H2,1-3H3,(H2,23,25,27)/t16-,17?/m0/s1. The Hall–Kier alpha value is -3.23. The second kappa shape index (κ2) is 8.02. The number of carbonyl (C=O) groups excluding carboxylic acids is 1. The maximum Gasteiger partial charge on any atom is 0.413 e. The van der Waals surface area contributed by atoms with Crippen LogP contribution in [0.25, 0.3) is 11.1 Å². The van der Waals surface area contributed by atoms with Crippen LogP contribution in [0.15, 0.2) is 52.9 Å². The zero-order valence-corrected chi connectivity index (χ0v) is 16.5. The van der Waals surface area contributed by atoms with Crippen molar-refractivity contribution in [1.82, 2.24) is 10.3 Å². The fourth-order valence-corrected chi connectivity index (χ4v) is 2.73. The molecule has 3 rings (SSSR count). The van der Waals surface area contributed by atoms with Gasteiger partial charge in [0.1, 0.15) is 23.1 Å². The topological polar surface area (TPSA) is 134 Å². The van der Waals surface area contributed by atoms with Gasteiger partial charge < -0.3 is 20.0 Å². The van der Waals surface area contributed by atoms with Crippen molar-refractivity contribution in [3.63, 3.8) is 0 Å². The summed E-state index contributed by atoms with van der Waals surface area (Å²) in [6.45, 7) is 5.22. The molecule has 5 N–H and O–H groups in total. The maximum atomic E-state index is 11.9. The number of rotatable bonds is 4. The number of oxazole rings is 1. The normalized spacial score (nSPS) is 13.7. The lowest BCUT2D eigenvalue weighted by atomic mass is 9.99. The number of ether oxygens (including phenoxy) is 1. The number of amides is 1. The zero-order valence-electron chi connectivity index (χ0n) is 16.5. The van der Waals surface area contributed by atoms with Crippen LogP contribution in [-0.2, 0) is 4.74 Å². The number of nitrogens with one attached hydrogen (secondary N) is 2. The molecule has 0 fully saturated rings. The van der Waals surface area contributed by atoms with Crippen LogP contribution in [0.3, 0.4) is 0 Å². The molecular weight excluding hydrogens is 372 g/mol. The Morgan fingerprint density at radius 2 is 1.97 bits per heavy atom. The first-order chi connectivity index (χ1) is 13.6. The van der Waals surface area contributed by atoms with Gasteiger partial charge in [-0.3, -0.25) is 10.7 Å². The zero-order chi connectivity index (χ0) is 21.2. The number of amidine groups is 1. The monoisotopic (exact) mass is 396 g/mol. The molecule has 0 aliphatic heterocycles. The van der Waals surface area contributed by atoms with E-state index in [1.165, 1.54) is 0 Å². The summed E-state index contributed by atoms with van der Waals surface area (Å²) in [5, 5.41) is 21.1. The van der Waals surface area contributed by atoms with Crippen LogP contribution in [-0.4, -0.2) is 27.6 Å². The number of alkyl carbamates (subject to hydrolysis) is 1. The molecule has 8 nitrogen and oxygen atoms in total. The molecule has 0 saturated heterocycles. The van der Waals surface area contributed by atoms with E-state index in [2.05, 4.69) is 10.3 Å². The van der Waals surface area contributed by atoms with E-state index in [0.29, 0.717) is 22.2 Å². The summed E-state index contributed by atoms with van der Waals surface area (Å²) in [7, 11) is 0. The molecule has 0 radical (unpaired) electrons. The minimum atomic E-state index is -1.18. The molecule has 0 aliphatic rings. The predicted molar refractivity (Wildman–Crippen MR) is 109 cm³/mol. The number of aliphatic hydroxyl groups is 1. The van der Waals surface area contributed by atoms with Crippen molar-refractivity contribution in [2.75, 3.05) is 0 Å². The Morgan fingerprint density at radius 3 is 2.66 bits per heavy atom. The van der Waals surface area contributed by atoms with Gasteiger partial charge in [-0.2, -0.15) is 0 Å². The summed E-state index contributed by atoms with van der Waals surface area (Å²) in [4.78, 5) is 16.2. The Kier molecular flexibility index (Phi) is 5.67. The molecule has 2 aromatic carbocycles. The highest BCUT2D eigenvalue weighted by Crippen LogP contribution is 2.29. The van der Waals surface area contributed by atoms with E-state index in [1.807, 2.05) is 12.1 Å². The maximum absolute atomic E-state index is 11.9. The number of benzene rings is 2. The number of para-hydroxylation sites is 2. The van der Waals surface area contributed by atoms with Crippen LogP contribution >= 0.6 is 0 Å². The van der Waals surface area contributed by atoms with Gasteiger partial charge in [0.05, 0.1) is 6.04 Å². The first-order valence-electron chi connectivity index (χ1n) is 9.12. The third-order valence-electron chi connectivity index (χ3n) is 4.09. The molecule has 0 saturated carbocycles. The van der Waals surface area contributed by atoms with Crippen LogP contribution in [0, 0.1) is 5.41 Å². The van der Waals surface area contributed by atoms with E-state index < -0.39 is 23.8 Å². The van der Waals surface area contributed by atoms with Crippen LogP contribution < -0.4 is 11.1 Å². The molecule has 0 spiro atoms. The van der Waals surface area contributed by atoms with E-state index in [-0.39, 0.29) is 11.7 Å². The lowest BCUT2D eigenvalue weighted by molar-refractivity contribution is 0.0563. The molecule has 1 unspecified atom stereocenters. The highest BCUT2D eigenvalue weighted by atomic mass is 16.6. The van der Waals surface area contributed by atoms with Crippen LogP contribution in [0.5, 0.6) is 0 Å². The number of fused-ring (bicyclic) bond motifs is 1. The number of hydrogen-bond acceptors (Lipinski definition) is 7.